The maximum atomic E-state index is 10.6. The van der Waals surface area contributed by atoms with E-state index in [-0.39, 0.29) is 6.54 Å². The average Bonchev–Trinajstić information content (AvgIpc) is 3.44. The predicted octanol–water partition coefficient (Wildman–Crippen LogP) is 2.73. The van der Waals surface area contributed by atoms with Gasteiger partial charge in [0.1, 0.15) is 5.69 Å². The van der Waals surface area contributed by atoms with Crippen molar-refractivity contribution in [2.45, 2.75) is 25.3 Å². The molecular formula is C17H15N5O2. The van der Waals surface area contributed by atoms with Gasteiger partial charge in [0.05, 0.1) is 35.3 Å². The molecule has 0 spiro atoms. The first-order valence-corrected chi connectivity index (χ1v) is 7.74. The van der Waals surface area contributed by atoms with E-state index < -0.39 is 6.09 Å². The molecule has 1 saturated carbocycles. The standard InChI is InChI=1S/C17H15N5O2/c23-17(24)20-7-12-5-14-11(6-19-12)3-4-13(21-14)16-9-18-8-15(22-16)10-1-2-10/h3-6,8-10,20H,1-2,7H2,(H,23,24). The molecule has 3 heterocycles. The molecule has 0 unspecified atom stereocenters. The molecule has 7 heteroatoms. The molecular weight excluding hydrogens is 306 g/mol. The number of fused-ring (bicyclic) bond motifs is 1. The molecule has 0 bridgehead atoms. The number of nitrogens with one attached hydrogen (secondary N) is 1. The van der Waals surface area contributed by atoms with E-state index in [0.29, 0.717) is 11.6 Å². The van der Waals surface area contributed by atoms with Crippen LogP contribution in [0.1, 0.15) is 30.1 Å². The minimum Gasteiger partial charge on any atom is -0.465 e. The summed E-state index contributed by atoms with van der Waals surface area (Å²) in [7, 11) is 0. The van der Waals surface area contributed by atoms with Crippen LogP contribution in [0.4, 0.5) is 4.79 Å². The van der Waals surface area contributed by atoms with Crippen molar-refractivity contribution in [3.63, 3.8) is 0 Å². The Kier molecular flexibility index (Phi) is 3.53. The highest BCUT2D eigenvalue weighted by atomic mass is 16.4. The summed E-state index contributed by atoms with van der Waals surface area (Å²) in [4.78, 5) is 28.4. The molecule has 1 aliphatic carbocycles. The topological polar surface area (TPSA) is 101 Å². The zero-order valence-electron chi connectivity index (χ0n) is 12.8. The molecule has 24 heavy (non-hydrogen) atoms. The van der Waals surface area contributed by atoms with E-state index in [9.17, 15) is 4.79 Å². The number of carboxylic acid groups (broad SMARTS) is 1. The van der Waals surface area contributed by atoms with Gasteiger partial charge in [-0.05, 0) is 31.0 Å². The summed E-state index contributed by atoms with van der Waals surface area (Å²) in [6.07, 6.45) is 6.50. The second kappa shape index (κ2) is 5.84. The first-order chi connectivity index (χ1) is 11.7. The van der Waals surface area contributed by atoms with Crippen LogP contribution in [0.5, 0.6) is 0 Å². The Hall–Kier alpha value is -3.09. The van der Waals surface area contributed by atoms with Crippen LogP contribution in [0.3, 0.4) is 0 Å². The number of carbonyl (C=O) groups is 1. The molecule has 0 aliphatic heterocycles. The Labute approximate surface area is 137 Å². The van der Waals surface area contributed by atoms with Crippen molar-refractivity contribution in [2.24, 2.45) is 0 Å². The molecule has 2 N–H and O–H groups in total. The molecule has 120 valence electrons. The van der Waals surface area contributed by atoms with Crippen LogP contribution in [-0.4, -0.2) is 31.1 Å². The van der Waals surface area contributed by atoms with Gasteiger partial charge >= 0.3 is 6.09 Å². The highest BCUT2D eigenvalue weighted by Crippen LogP contribution is 2.39. The maximum absolute atomic E-state index is 10.6. The van der Waals surface area contributed by atoms with Gasteiger partial charge in [-0.2, -0.15) is 0 Å². The van der Waals surface area contributed by atoms with Crippen LogP contribution in [-0.2, 0) is 6.54 Å². The van der Waals surface area contributed by atoms with Crippen LogP contribution in [0.25, 0.3) is 22.3 Å². The summed E-state index contributed by atoms with van der Waals surface area (Å²) in [5, 5.41) is 11.9. The number of pyridine rings is 2. The number of hydrogen-bond donors (Lipinski definition) is 2. The smallest absolute Gasteiger partial charge is 0.404 e. The second-order valence-corrected chi connectivity index (χ2v) is 5.83. The summed E-state index contributed by atoms with van der Waals surface area (Å²) >= 11 is 0. The molecule has 1 aliphatic rings. The van der Waals surface area contributed by atoms with E-state index in [1.807, 2.05) is 18.3 Å². The summed E-state index contributed by atoms with van der Waals surface area (Å²) in [6, 6.07) is 5.62. The lowest BCUT2D eigenvalue weighted by Gasteiger charge is -2.06. The lowest BCUT2D eigenvalue weighted by atomic mass is 10.2. The molecule has 4 rings (SSSR count). The predicted molar refractivity (Wildman–Crippen MR) is 87.4 cm³/mol. The molecule has 0 saturated heterocycles. The Morgan fingerprint density at radius 3 is 2.83 bits per heavy atom. The lowest BCUT2D eigenvalue weighted by Crippen LogP contribution is -2.20. The summed E-state index contributed by atoms with van der Waals surface area (Å²) in [6.45, 7) is 0.147. The second-order valence-electron chi connectivity index (χ2n) is 5.83. The van der Waals surface area contributed by atoms with Gasteiger partial charge in [0.2, 0.25) is 0 Å². The van der Waals surface area contributed by atoms with Gasteiger partial charge in [-0.15, -0.1) is 0 Å². The van der Waals surface area contributed by atoms with Crippen molar-refractivity contribution in [3.8, 4) is 11.4 Å². The maximum Gasteiger partial charge on any atom is 0.404 e. The minimum absolute atomic E-state index is 0.147. The van der Waals surface area contributed by atoms with Gasteiger partial charge in [-0.3, -0.25) is 9.97 Å². The number of hydrogen-bond acceptors (Lipinski definition) is 5. The van der Waals surface area contributed by atoms with E-state index in [1.54, 1.807) is 18.5 Å². The zero-order valence-corrected chi connectivity index (χ0v) is 12.8. The Morgan fingerprint density at radius 1 is 1.17 bits per heavy atom. The molecule has 3 aromatic rings. The van der Waals surface area contributed by atoms with Gasteiger partial charge in [-0.1, -0.05) is 0 Å². The van der Waals surface area contributed by atoms with Crippen molar-refractivity contribution in [2.75, 3.05) is 0 Å². The van der Waals surface area contributed by atoms with E-state index in [1.165, 1.54) is 12.8 Å². The molecule has 3 aromatic heterocycles. The molecule has 1 fully saturated rings. The van der Waals surface area contributed by atoms with Crippen LogP contribution >= 0.6 is 0 Å². The van der Waals surface area contributed by atoms with Crippen molar-refractivity contribution >= 4 is 17.0 Å². The van der Waals surface area contributed by atoms with Crippen molar-refractivity contribution in [1.82, 2.24) is 25.3 Å². The van der Waals surface area contributed by atoms with E-state index >= 15 is 0 Å². The Bertz CT molecular complexity index is 924. The van der Waals surface area contributed by atoms with Gasteiger partial charge in [-0.25, -0.2) is 14.8 Å². The third kappa shape index (κ3) is 3.01. The number of rotatable bonds is 4. The van der Waals surface area contributed by atoms with Crippen LogP contribution in [0, 0.1) is 0 Å². The average molecular weight is 321 g/mol. The van der Waals surface area contributed by atoms with Crippen molar-refractivity contribution in [3.05, 3.63) is 48.2 Å². The Balaban J connectivity index is 1.68. The van der Waals surface area contributed by atoms with Gasteiger partial charge in [0.15, 0.2) is 0 Å². The first kappa shape index (κ1) is 14.5. The highest BCUT2D eigenvalue weighted by Gasteiger charge is 2.25. The normalized spacial score (nSPS) is 13.8. The highest BCUT2D eigenvalue weighted by molar-refractivity contribution is 5.80. The summed E-state index contributed by atoms with van der Waals surface area (Å²) in [5.41, 5.74) is 3.90. The first-order valence-electron chi connectivity index (χ1n) is 7.74. The molecule has 0 aromatic carbocycles. The van der Waals surface area contributed by atoms with Crippen molar-refractivity contribution in [1.29, 1.82) is 0 Å². The minimum atomic E-state index is -1.08. The van der Waals surface area contributed by atoms with Crippen molar-refractivity contribution < 1.29 is 9.90 Å². The van der Waals surface area contributed by atoms with Gasteiger partial charge < -0.3 is 10.4 Å². The summed E-state index contributed by atoms with van der Waals surface area (Å²) < 4.78 is 0. The quantitative estimate of drug-likeness (QED) is 0.766. The monoisotopic (exact) mass is 321 g/mol. The fraction of sp³-hybridized carbons (Fsp3) is 0.235. The Morgan fingerprint density at radius 2 is 2.04 bits per heavy atom. The molecule has 0 atom stereocenters. The van der Waals surface area contributed by atoms with E-state index in [2.05, 4.69) is 25.3 Å². The molecule has 1 amide bonds. The summed E-state index contributed by atoms with van der Waals surface area (Å²) in [5.74, 6) is 0.538. The van der Waals surface area contributed by atoms with Gasteiger partial charge in [0.25, 0.3) is 0 Å². The van der Waals surface area contributed by atoms with Crippen LogP contribution in [0.2, 0.25) is 0 Å². The fourth-order valence-electron chi connectivity index (χ4n) is 2.54. The van der Waals surface area contributed by atoms with Crippen LogP contribution in [0.15, 0.2) is 36.8 Å². The molecule has 0 radical (unpaired) electrons. The molecule has 7 nitrogen and oxygen atoms in total. The third-order valence-corrected chi connectivity index (χ3v) is 3.96. The number of nitrogens with zero attached hydrogens (tertiary/aromatic N) is 4. The SMILES string of the molecule is O=C(O)NCc1cc2nc(-c3cncc(C4CC4)n3)ccc2cn1. The van der Waals surface area contributed by atoms with E-state index in [4.69, 9.17) is 5.11 Å². The fourth-order valence-corrected chi connectivity index (χ4v) is 2.54. The zero-order chi connectivity index (χ0) is 16.5. The lowest BCUT2D eigenvalue weighted by molar-refractivity contribution is 0.194. The number of amides is 1. The van der Waals surface area contributed by atoms with Crippen LogP contribution < -0.4 is 5.32 Å². The largest absolute Gasteiger partial charge is 0.465 e. The number of aromatic nitrogens is 4. The third-order valence-electron chi connectivity index (χ3n) is 3.96. The van der Waals surface area contributed by atoms with E-state index in [0.717, 1.165) is 28.0 Å². The van der Waals surface area contributed by atoms with Gasteiger partial charge in [0, 0.05) is 23.7 Å².